The first kappa shape index (κ1) is 48.6. The first-order chi connectivity index (χ1) is 24.1. The fourth-order valence-corrected chi connectivity index (χ4v) is 5.75. The van der Waals surface area contributed by atoms with Crippen molar-refractivity contribution in [2.45, 2.75) is 48.5 Å². The van der Waals surface area contributed by atoms with E-state index in [9.17, 15) is 26.3 Å². The lowest BCUT2D eigenvalue weighted by Crippen LogP contribution is -2.04. The summed E-state index contributed by atoms with van der Waals surface area (Å²) in [7, 11) is 0. The van der Waals surface area contributed by atoms with Crippen molar-refractivity contribution in [3.63, 3.8) is 0 Å². The highest BCUT2D eigenvalue weighted by Crippen LogP contribution is 2.34. The molecule has 0 unspecified atom stereocenters. The van der Waals surface area contributed by atoms with Crippen LogP contribution < -0.4 is 11.1 Å². The van der Waals surface area contributed by atoms with Crippen LogP contribution in [0.3, 0.4) is 0 Å². The lowest BCUT2D eigenvalue weighted by molar-refractivity contribution is -0.138. The number of aromatic amines is 2. The Morgan fingerprint density at radius 3 is 1.64 bits per heavy atom. The van der Waals surface area contributed by atoms with Crippen LogP contribution in [0.2, 0.25) is 5.02 Å². The number of fused-ring (bicyclic) bond motifs is 4. The molecule has 0 bridgehead atoms. The molecule has 0 amide bonds. The van der Waals surface area contributed by atoms with E-state index in [1.807, 2.05) is 56.3 Å². The number of benzene rings is 4. The Hall–Kier alpha value is -5.40. The zero-order chi connectivity index (χ0) is 36.5. The summed E-state index contributed by atoms with van der Waals surface area (Å²) >= 11 is 5.80. The number of aromatic nitrogens is 4. The van der Waals surface area contributed by atoms with Crippen molar-refractivity contribution in [1.29, 1.82) is 0 Å². The number of nitrogen functional groups attached to an aromatic ring is 1. The number of pyridine rings is 2. The second kappa shape index (κ2) is 19.5. The normalized spacial score (nSPS) is 10.7. The van der Waals surface area contributed by atoms with Gasteiger partial charge in [-0.3, -0.25) is 9.97 Å². The largest absolute Gasteiger partial charge is 0.416 e. The summed E-state index contributed by atoms with van der Waals surface area (Å²) < 4.78 is 75.7. The molecule has 56 heavy (non-hydrogen) atoms. The van der Waals surface area contributed by atoms with Crippen LogP contribution >= 0.6 is 24.0 Å². The monoisotopic (exact) mass is 817 g/mol. The molecule has 4 aromatic heterocycles. The maximum absolute atomic E-state index is 12.9. The molecule has 0 radical (unpaired) electrons. The number of anilines is 3. The number of nitrogens with two attached hydrogens (primary N) is 1. The summed E-state index contributed by atoms with van der Waals surface area (Å²) in [6, 6.07) is 26.1. The lowest BCUT2D eigenvalue weighted by Gasteiger charge is -2.12. The molecule has 300 valence electrons. The van der Waals surface area contributed by atoms with Gasteiger partial charge >= 0.3 is 12.4 Å². The number of hydrogen-bond donors (Lipinski definition) is 4. The van der Waals surface area contributed by atoms with Crippen LogP contribution in [0.5, 0.6) is 0 Å². The molecule has 0 aliphatic rings. The Balaban J connectivity index is 0.000000437. The smallest absolute Gasteiger partial charge is 0.399 e. The number of hydrogen-bond acceptors (Lipinski definition) is 4. The van der Waals surface area contributed by atoms with Crippen molar-refractivity contribution in [3.05, 3.63) is 137 Å². The van der Waals surface area contributed by atoms with E-state index >= 15 is 0 Å². The molecular formula is C41H46BCl2F6N6-. The minimum Gasteiger partial charge on any atom is -0.399 e. The van der Waals surface area contributed by atoms with E-state index in [0.717, 1.165) is 57.8 Å². The summed E-state index contributed by atoms with van der Waals surface area (Å²) in [5.41, 5.74) is 11.6. The molecule has 6 nitrogen and oxygen atoms in total. The molecule has 8 aromatic rings. The Bertz CT molecular complexity index is 2510. The topological polar surface area (TPSA) is 95.4 Å². The highest BCUT2D eigenvalue weighted by atomic mass is 35.5. The summed E-state index contributed by atoms with van der Waals surface area (Å²) in [6.07, 6.45) is -5.84. The fourth-order valence-electron chi connectivity index (χ4n) is 5.53. The van der Waals surface area contributed by atoms with Crippen LogP contribution in [0.1, 0.15) is 44.8 Å². The quantitative estimate of drug-likeness (QED) is 0.0794. The fraction of sp³-hybridized carbons (Fsp3) is 0.171. The van der Waals surface area contributed by atoms with Crippen molar-refractivity contribution in [1.82, 2.24) is 19.9 Å². The third-order valence-electron chi connectivity index (χ3n) is 7.90. The van der Waals surface area contributed by atoms with Crippen molar-refractivity contribution in [2.24, 2.45) is 0 Å². The molecule has 15 heteroatoms. The van der Waals surface area contributed by atoms with Gasteiger partial charge in [-0.25, -0.2) is 0 Å². The van der Waals surface area contributed by atoms with Gasteiger partial charge in [-0.15, -0.1) is 12.4 Å². The molecule has 0 spiro atoms. The van der Waals surface area contributed by atoms with E-state index in [-0.39, 0.29) is 48.6 Å². The van der Waals surface area contributed by atoms with Crippen LogP contribution in [-0.2, 0) is 12.4 Å². The number of aryl methyl sites for hydroxylation is 2. The Morgan fingerprint density at radius 1 is 0.607 bits per heavy atom. The van der Waals surface area contributed by atoms with E-state index in [1.165, 1.54) is 41.7 Å². The van der Waals surface area contributed by atoms with E-state index in [0.29, 0.717) is 27.0 Å². The summed E-state index contributed by atoms with van der Waals surface area (Å²) in [5, 5.41) is 7.08. The van der Waals surface area contributed by atoms with E-state index < -0.39 is 23.5 Å². The molecule has 0 aliphatic heterocycles. The number of rotatable bonds is 2. The Labute approximate surface area is 334 Å². The molecule has 8 rings (SSSR count). The predicted molar refractivity (Wildman–Crippen MR) is 231 cm³/mol. The van der Waals surface area contributed by atoms with Crippen LogP contribution in [0.4, 0.5) is 43.4 Å². The lowest BCUT2D eigenvalue weighted by atomic mass is 10.1. The Morgan fingerprint density at radius 2 is 1.09 bits per heavy atom. The van der Waals surface area contributed by atoms with Crippen LogP contribution in [0.15, 0.2) is 109 Å². The van der Waals surface area contributed by atoms with E-state index in [1.54, 1.807) is 6.07 Å². The van der Waals surface area contributed by atoms with Gasteiger partial charge in [0.15, 0.2) is 0 Å². The van der Waals surface area contributed by atoms with Gasteiger partial charge < -0.3 is 21.0 Å². The molecule has 0 fully saturated rings. The van der Waals surface area contributed by atoms with Crippen LogP contribution in [0, 0.1) is 13.8 Å². The number of nitrogens with zero attached hydrogens (tertiary/aromatic N) is 2. The summed E-state index contributed by atoms with van der Waals surface area (Å²) in [5.74, 6) is 0. The van der Waals surface area contributed by atoms with Crippen molar-refractivity contribution in [2.75, 3.05) is 11.1 Å². The molecule has 4 aromatic carbocycles. The number of nitrogens with one attached hydrogen (secondary N) is 3. The Kier molecular flexibility index (Phi) is 16.9. The van der Waals surface area contributed by atoms with Gasteiger partial charge in [-0.1, -0.05) is 54.4 Å². The van der Waals surface area contributed by atoms with Crippen LogP contribution in [-0.4, -0.2) is 28.3 Å². The molecule has 5 N–H and O–H groups in total. The first-order valence-corrected chi connectivity index (χ1v) is 15.8. The summed E-state index contributed by atoms with van der Waals surface area (Å²) in [4.78, 5) is 14.4. The summed E-state index contributed by atoms with van der Waals surface area (Å²) in [6.45, 7) is 4.03. The third-order valence-corrected chi connectivity index (χ3v) is 8.23. The highest BCUT2D eigenvalue weighted by molar-refractivity contribution is 6.35. The average Bonchev–Trinajstić information content (AvgIpc) is 3.64. The van der Waals surface area contributed by atoms with Gasteiger partial charge in [0.2, 0.25) is 0 Å². The minimum absolute atomic E-state index is 0. The first-order valence-electron chi connectivity index (χ1n) is 15.4. The maximum atomic E-state index is 12.9. The van der Waals surface area contributed by atoms with E-state index in [4.69, 9.17) is 17.3 Å². The molecule has 0 saturated heterocycles. The standard InChI is InChI=1S/C19H14F3N3.C10H5ClF3N.C9H10N2.3CH4.BH4.ClH/c1-11-8-12-9-14(3-5-16(12)24-11)25-17-6-7-23-18-10-13(19(20,21)22)2-4-15(17)18;11-8-3-4-15-9-5-6(10(12,13)14)1-2-7(8)9;1-6-4-7-5-8(10)2-3-9(7)11-6;;;;;/h2-10,24H,1H3,(H,23,25);1-5H;2-5,11H,10H2,1H3;4*1H4;1H/q;;;;;;-1;. The molecule has 0 saturated carbocycles. The minimum atomic E-state index is -4.38. The van der Waals surface area contributed by atoms with Gasteiger partial charge in [0.25, 0.3) is 0 Å². The molecular weight excluding hydrogens is 772 g/mol. The number of alkyl halides is 6. The van der Waals surface area contributed by atoms with Gasteiger partial charge in [-0.05, 0) is 98.8 Å². The van der Waals surface area contributed by atoms with Gasteiger partial charge in [0, 0.05) is 73.4 Å². The number of H-pyrrole nitrogens is 2. The van der Waals surface area contributed by atoms with Crippen molar-refractivity contribution >= 4 is 93.1 Å². The number of halogens is 8. The van der Waals surface area contributed by atoms with E-state index in [2.05, 4.69) is 31.3 Å². The maximum Gasteiger partial charge on any atom is 0.416 e. The van der Waals surface area contributed by atoms with Crippen LogP contribution in [0.25, 0.3) is 43.6 Å². The second-order valence-electron chi connectivity index (χ2n) is 11.8. The van der Waals surface area contributed by atoms with Crippen molar-refractivity contribution in [3.8, 4) is 0 Å². The zero-order valence-corrected chi connectivity index (χ0v) is 29.0. The second-order valence-corrected chi connectivity index (χ2v) is 12.2. The zero-order valence-electron chi connectivity index (χ0n) is 27.4. The van der Waals surface area contributed by atoms with Crippen molar-refractivity contribution < 1.29 is 26.3 Å². The van der Waals surface area contributed by atoms with Gasteiger partial charge in [0.1, 0.15) is 0 Å². The molecule has 4 heterocycles. The molecule has 0 aliphatic carbocycles. The third kappa shape index (κ3) is 11.3. The molecule has 0 atom stereocenters. The van der Waals surface area contributed by atoms with Gasteiger partial charge in [-0.2, -0.15) is 26.3 Å². The van der Waals surface area contributed by atoms with Gasteiger partial charge in [0.05, 0.1) is 27.2 Å². The average molecular weight is 819 g/mol. The highest BCUT2D eigenvalue weighted by Gasteiger charge is 2.31. The predicted octanol–water partition coefficient (Wildman–Crippen LogP) is 12.6. The SMILES string of the molecule is C.C.C.Cc1cc2cc(N)ccc2[nH]1.Cc1cc2cc(Nc3ccnc4cc(C(F)(F)F)ccc34)ccc2[nH]1.Cl.FC(F)(F)c1ccc2c(Cl)ccnc2c1.[BH4-].